The highest BCUT2D eigenvalue weighted by Gasteiger charge is 2.19. The quantitative estimate of drug-likeness (QED) is 0.419. The van der Waals surface area contributed by atoms with Crippen LogP contribution in [0.2, 0.25) is 5.02 Å². The van der Waals surface area contributed by atoms with Gasteiger partial charge in [0.2, 0.25) is 0 Å². The van der Waals surface area contributed by atoms with Crippen molar-refractivity contribution in [1.82, 2.24) is 20.0 Å². The van der Waals surface area contributed by atoms with Gasteiger partial charge in [-0.2, -0.15) is 10.2 Å². The zero-order valence-electron chi connectivity index (χ0n) is 18.3. The van der Waals surface area contributed by atoms with Gasteiger partial charge in [0.1, 0.15) is 0 Å². The lowest BCUT2D eigenvalue weighted by Gasteiger charge is -2.22. The Morgan fingerprint density at radius 3 is 2.70 bits per heavy atom. The maximum absolute atomic E-state index is 13.2. The van der Waals surface area contributed by atoms with Crippen LogP contribution >= 0.6 is 11.6 Å². The number of aryl methyl sites for hydroxylation is 1. The van der Waals surface area contributed by atoms with Crippen LogP contribution in [-0.2, 0) is 0 Å². The molecule has 4 aromatic rings. The molecule has 1 aliphatic rings. The average molecular weight is 462 g/mol. The Morgan fingerprint density at radius 2 is 1.94 bits per heavy atom. The minimum atomic E-state index is -0.352. The second kappa shape index (κ2) is 8.83. The highest BCUT2D eigenvalue weighted by atomic mass is 35.5. The van der Waals surface area contributed by atoms with Gasteiger partial charge in [-0.3, -0.25) is 14.7 Å². The van der Waals surface area contributed by atoms with E-state index >= 15 is 0 Å². The van der Waals surface area contributed by atoms with Gasteiger partial charge in [0, 0.05) is 22.3 Å². The van der Waals surface area contributed by atoms with Crippen molar-refractivity contribution >= 4 is 34.0 Å². The van der Waals surface area contributed by atoms with Crippen LogP contribution in [0.3, 0.4) is 0 Å². The van der Waals surface area contributed by atoms with Crippen LogP contribution < -0.4 is 10.9 Å². The van der Waals surface area contributed by atoms with E-state index in [1.807, 2.05) is 19.1 Å². The van der Waals surface area contributed by atoms with E-state index in [0.29, 0.717) is 21.7 Å². The Bertz CT molecular complexity index is 1400. The molecule has 0 saturated heterocycles. The van der Waals surface area contributed by atoms with Crippen molar-refractivity contribution in [3.05, 3.63) is 75.3 Å². The van der Waals surface area contributed by atoms with E-state index in [0.717, 1.165) is 48.0 Å². The third-order valence-corrected chi connectivity index (χ3v) is 6.53. The number of rotatable bonds is 4. The monoisotopic (exact) mass is 461 g/mol. The smallest absolute Gasteiger partial charge is 0.274 e. The van der Waals surface area contributed by atoms with Gasteiger partial charge in [-0.05, 0) is 50.1 Å². The number of nitrogens with one attached hydrogen (secondary N) is 2. The first kappa shape index (κ1) is 21.4. The molecule has 168 valence electrons. The maximum Gasteiger partial charge on any atom is 0.274 e. The molecule has 0 aliphatic heterocycles. The number of fused-ring (bicyclic) bond motifs is 1. The van der Waals surface area contributed by atoms with Gasteiger partial charge in [0.05, 0.1) is 33.9 Å². The number of carbonyl (C=O) groups is 1. The van der Waals surface area contributed by atoms with Crippen molar-refractivity contribution in [2.75, 3.05) is 5.32 Å². The SMILES string of the molecule is Cc1cc(-c2ccc(Cl)c(C(=O)Nc3ccc4cnn(C5CCCCC5)c(=O)c4c3)c2)n[nH]1. The second-order valence-corrected chi connectivity index (χ2v) is 8.98. The third-order valence-electron chi connectivity index (χ3n) is 6.20. The molecule has 0 spiro atoms. The summed E-state index contributed by atoms with van der Waals surface area (Å²) in [4.78, 5) is 26.2. The zero-order valence-corrected chi connectivity index (χ0v) is 19.0. The summed E-state index contributed by atoms with van der Waals surface area (Å²) in [6.45, 7) is 1.91. The molecule has 5 rings (SSSR count). The van der Waals surface area contributed by atoms with Crippen molar-refractivity contribution in [1.29, 1.82) is 0 Å². The molecular formula is C25H24ClN5O2. The number of aromatic nitrogens is 4. The number of hydrogen-bond donors (Lipinski definition) is 2. The summed E-state index contributed by atoms with van der Waals surface area (Å²) in [5.41, 5.74) is 3.20. The summed E-state index contributed by atoms with van der Waals surface area (Å²) >= 11 is 6.33. The molecule has 8 heteroatoms. The van der Waals surface area contributed by atoms with E-state index < -0.39 is 0 Å². The highest BCUT2D eigenvalue weighted by Crippen LogP contribution is 2.28. The van der Waals surface area contributed by atoms with Gasteiger partial charge in [-0.1, -0.05) is 43.0 Å². The highest BCUT2D eigenvalue weighted by molar-refractivity contribution is 6.34. The molecule has 1 saturated carbocycles. The fourth-order valence-electron chi connectivity index (χ4n) is 4.44. The number of halogens is 1. The Hall–Kier alpha value is -3.45. The van der Waals surface area contributed by atoms with Crippen LogP contribution in [0.25, 0.3) is 22.0 Å². The zero-order chi connectivity index (χ0) is 22.9. The summed E-state index contributed by atoms with van der Waals surface area (Å²) in [5, 5.41) is 16.1. The number of anilines is 1. The topological polar surface area (TPSA) is 92.7 Å². The molecule has 7 nitrogen and oxygen atoms in total. The van der Waals surface area contributed by atoms with Crippen LogP contribution in [0.1, 0.15) is 54.2 Å². The predicted octanol–water partition coefficient (Wildman–Crippen LogP) is 5.51. The van der Waals surface area contributed by atoms with Crippen molar-refractivity contribution < 1.29 is 4.79 Å². The fraction of sp³-hybridized carbons (Fsp3) is 0.280. The number of H-pyrrole nitrogens is 1. The van der Waals surface area contributed by atoms with Crippen molar-refractivity contribution in [2.24, 2.45) is 0 Å². The number of amides is 1. The lowest BCUT2D eigenvalue weighted by molar-refractivity contribution is 0.102. The van der Waals surface area contributed by atoms with Gasteiger partial charge in [-0.15, -0.1) is 0 Å². The van der Waals surface area contributed by atoms with Crippen molar-refractivity contribution in [3.8, 4) is 11.3 Å². The molecule has 2 N–H and O–H groups in total. The van der Waals surface area contributed by atoms with E-state index in [9.17, 15) is 9.59 Å². The molecular weight excluding hydrogens is 438 g/mol. The predicted molar refractivity (Wildman–Crippen MR) is 130 cm³/mol. The largest absolute Gasteiger partial charge is 0.322 e. The van der Waals surface area contributed by atoms with Crippen molar-refractivity contribution in [2.45, 2.75) is 45.1 Å². The summed E-state index contributed by atoms with van der Waals surface area (Å²) < 4.78 is 1.61. The molecule has 2 aromatic heterocycles. The van der Waals surface area contributed by atoms with Gasteiger partial charge in [-0.25, -0.2) is 4.68 Å². The van der Waals surface area contributed by atoms with Crippen LogP contribution in [-0.4, -0.2) is 25.9 Å². The second-order valence-electron chi connectivity index (χ2n) is 8.57. The molecule has 0 bridgehead atoms. The van der Waals surface area contributed by atoms with Crippen LogP contribution in [0.4, 0.5) is 5.69 Å². The van der Waals surface area contributed by atoms with Gasteiger partial charge >= 0.3 is 0 Å². The maximum atomic E-state index is 13.2. The van der Waals surface area contributed by atoms with Crippen LogP contribution in [0, 0.1) is 6.92 Å². The standard InChI is InChI=1S/C25H24ClN5O2/c1-15-11-23(30-29-15)16-8-10-22(26)21(12-16)24(32)28-18-9-7-17-14-27-31(25(33)20(17)13-18)19-5-3-2-4-6-19/h7-14,19H,2-6H2,1H3,(H,28,32)(H,29,30). The number of aromatic amines is 1. The molecule has 1 fully saturated rings. The van der Waals surface area contributed by atoms with Crippen molar-refractivity contribution in [3.63, 3.8) is 0 Å². The average Bonchev–Trinajstić information content (AvgIpc) is 3.26. The van der Waals surface area contributed by atoms with Crippen LogP contribution in [0.5, 0.6) is 0 Å². The molecule has 1 amide bonds. The molecule has 2 aromatic carbocycles. The molecule has 0 atom stereocenters. The number of benzene rings is 2. The lowest BCUT2D eigenvalue weighted by atomic mass is 9.95. The van der Waals surface area contributed by atoms with Crippen LogP contribution in [0.15, 0.2) is 53.5 Å². The first-order chi connectivity index (χ1) is 16.0. The van der Waals surface area contributed by atoms with E-state index in [1.165, 1.54) is 6.42 Å². The summed E-state index contributed by atoms with van der Waals surface area (Å²) in [6, 6.07) is 12.5. The molecule has 0 radical (unpaired) electrons. The van der Waals surface area contributed by atoms with E-state index in [2.05, 4.69) is 20.6 Å². The minimum Gasteiger partial charge on any atom is -0.322 e. The van der Waals surface area contributed by atoms with E-state index in [-0.39, 0.29) is 17.5 Å². The summed E-state index contributed by atoms with van der Waals surface area (Å²) in [5.74, 6) is -0.352. The Balaban J connectivity index is 1.44. The Morgan fingerprint density at radius 1 is 1.12 bits per heavy atom. The van der Waals surface area contributed by atoms with Gasteiger partial charge < -0.3 is 5.32 Å². The third kappa shape index (κ3) is 4.28. The Kier molecular flexibility index (Phi) is 5.72. The first-order valence-electron chi connectivity index (χ1n) is 11.1. The summed E-state index contributed by atoms with van der Waals surface area (Å²) in [7, 11) is 0. The van der Waals surface area contributed by atoms with E-state index in [1.54, 1.807) is 41.2 Å². The van der Waals surface area contributed by atoms with Gasteiger partial charge in [0.15, 0.2) is 0 Å². The summed E-state index contributed by atoms with van der Waals surface area (Å²) in [6.07, 6.45) is 7.11. The van der Waals surface area contributed by atoms with E-state index in [4.69, 9.17) is 11.6 Å². The first-order valence-corrected chi connectivity index (χ1v) is 11.5. The number of nitrogens with zero attached hydrogens (tertiary/aromatic N) is 3. The number of hydrogen-bond acceptors (Lipinski definition) is 4. The van der Waals surface area contributed by atoms with Gasteiger partial charge in [0.25, 0.3) is 11.5 Å². The number of carbonyl (C=O) groups excluding carboxylic acids is 1. The molecule has 33 heavy (non-hydrogen) atoms. The molecule has 1 aliphatic carbocycles. The normalized spacial score (nSPS) is 14.5. The Labute approximate surface area is 195 Å². The molecule has 2 heterocycles. The minimum absolute atomic E-state index is 0.121. The molecule has 0 unspecified atom stereocenters. The fourth-order valence-corrected chi connectivity index (χ4v) is 4.64. The lowest BCUT2D eigenvalue weighted by Crippen LogP contribution is -2.28.